The van der Waals surface area contributed by atoms with E-state index >= 15 is 0 Å². The topological polar surface area (TPSA) is 55.8 Å². The summed E-state index contributed by atoms with van der Waals surface area (Å²) >= 11 is 0. The second-order valence-electron chi connectivity index (χ2n) is 5.21. The highest BCUT2D eigenvalue weighted by Crippen LogP contribution is 2.43. The Labute approximate surface area is 107 Å². The quantitative estimate of drug-likeness (QED) is 0.890. The molecule has 98 valence electrons. The maximum atomic E-state index is 11.1. The molecule has 0 saturated carbocycles. The maximum absolute atomic E-state index is 11.1. The minimum Gasteiger partial charge on any atom is -0.478 e. The van der Waals surface area contributed by atoms with E-state index in [0.717, 1.165) is 12.8 Å². The fourth-order valence-corrected chi connectivity index (χ4v) is 1.99. The van der Waals surface area contributed by atoms with Crippen molar-refractivity contribution in [1.29, 1.82) is 0 Å². The molecule has 1 aromatic rings. The van der Waals surface area contributed by atoms with E-state index in [-0.39, 0.29) is 5.56 Å². The third-order valence-electron chi connectivity index (χ3n) is 3.03. The third kappa shape index (κ3) is 2.42. The van der Waals surface area contributed by atoms with Crippen molar-refractivity contribution in [3.63, 3.8) is 0 Å². The van der Waals surface area contributed by atoms with Gasteiger partial charge in [-0.2, -0.15) is 0 Å². The van der Waals surface area contributed by atoms with E-state index in [1.807, 2.05) is 6.92 Å². The van der Waals surface area contributed by atoms with Crippen LogP contribution in [0, 0.1) is 5.92 Å². The summed E-state index contributed by atoms with van der Waals surface area (Å²) in [6.45, 7) is 6.11. The van der Waals surface area contributed by atoms with Crippen LogP contribution in [-0.2, 0) is 0 Å². The number of benzene rings is 1. The van der Waals surface area contributed by atoms with E-state index in [1.165, 1.54) is 6.07 Å². The van der Waals surface area contributed by atoms with Crippen LogP contribution < -0.4 is 9.47 Å². The normalized spacial score (nSPS) is 21.3. The van der Waals surface area contributed by atoms with Crippen LogP contribution in [0.1, 0.15) is 44.0 Å². The molecule has 0 saturated heterocycles. The molecule has 1 heterocycles. The lowest BCUT2D eigenvalue weighted by atomic mass is 10.0. The summed E-state index contributed by atoms with van der Waals surface area (Å²) in [6.07, 6.45) is 1.70. The summed E-state index contributed by atoms with van der Waals surface area (Å²) in [5, 5.41) is 9.10. The Bertz CT molecular complexity index is 467. The Morgan fingerprint density at radius 2 is 2.11 bits per heavy atom. The average Bonchev–Trinajstić information content (AvgIpc) is 2.62. The van der Waals surface area contributed by atoms with Crippen molar-refractivity contribution in [3.05, 3.63) is 23.8 Å². The second kappa shape index (κ2) is 4.52. The number of rotatable bonds is 4. The van der Waals surface area contributed by atoms with Crippen molar-refractivity contribution in [2.45, 2.75) is 39.4 Å². The highest BCUT2D eigenvalue weighted by molar-refractivity contribution is 5.92. The van der Waals surface area contributed by atoms with Crippen molar-refractivity contribution in [2.75, 3.05) is 0 Å². The zero-order valence-corrected chi connectivity index (χ0v) is 10.9. The van der Waals surface area contributed by atoms with Crippen molar-refractivity contribution in [2.24, 2.45) is 5.92 Å². The standard InChI is InChI=1S/C14H18O4/c1-9(2)7-8-14(3)17-11-6-4-5-10(13(15)16)12(11)18-14/h4-6,9H,7-8H2,1-3H3,(H,15,16). The van der Waals surface area contributed by atoms with Crippen LogP contribution in [0.25, 0.3) is 0 Å². The Morgan fingerprint density at radius 1 is 1.39 bits per heavy atom. The molecule has 4 nitrogen and oxygen atoms in total. The van der Waals surface area contributed by atoms with Crippen LogP contribution in [0.3, 0.4) is 0 Å². The first-order chi connectivity index (χ1) is 8.41. The molecular weight excluding hydrogens is 232 g/mol. The molecule has 2 rings (SSSR count). The predicted molar refractivity (Wildman–Crippen MR) is 67.1 cm³/mol. The SMILES string of the molecule is CC(C)CCC1(C)Oc2cccc(C(=O)O)c2O1. The van der Waals surface area contributed by atoms with Gasteiger partial charge in [0, 0.05) is 13.3 Å². The van der Waals surface area contributed by atoms with Gasteiger partial charge in [-0.15, -0.1) is 0 Å². The molecule has 0 amide bonds. The summed E-state index contributed by atoms with van der Waals surface area (Å²) in [5.74, 6) is -0.337. The Kier molecular flexibility index (Phi) is 3.20. The molecule has 4 heteroatoms. The van der Waals surface area contributed by atoms with E-state index in [0.29, 0.717) is 17.4 Å². The molecule has 1 N–H and O–H groups in total. The molecule has 0 fully saturated rings. The molecule has 0 spiro atoms. The lowest BCUT2D eigenvalue weighted by molar-refractivity contribution is -0.0715. The molecule has 0 aliphatic carbocycles. The molecule has 18 heavy (non-hydrogen) atoms. The van der Waals surface area contributed by atoms with Crippen LogP contribution in [0.2, 0.25) is 0 Å². The number of fused-ring (bicyclic) bond motifs is 1. The third-order valence-corrected chi connectivity index (χ3v) is 3.03. The van der Waals surface area contributed by atoms with E-state index in [1.54, 1.807) is 12.1 Å². The number of hydrogen-bond acceptors (Lipinski definition) is 3. The summed E-state index contributed by atoms with van der Waals surface area (Å²) in [7, 11) is 0. The van der Waals surface area contributed by atoms with Gasteiger partial charge in [0.15, 0.2) is 11.5 Å². The van der Waals surface area contributed by atoms with Gasteiger partial charge in [0.25, 0.3) is 0 Å². The van der Waals surface area contributed by atoms with Crippen LogP contribution in [0.4, 0.5) is 0 Å². The van der Waals surface area contributed by atoms with Crippen LogP contribution in [0.15, 0.2) is 18.2 Å². The Morgan fingerprint density at radius 3 is 2.72 bits per heavy atom. The zero-order valence-electron chi connectivity index (χ0n) is 10.9. The molecule has 0 aromatic heterocycles. The fourth-order valence-electron chi connectivity index (χ4n) is 1.99. The number of aromatic carboxylic acids is 1. The van der Waals surface area contributed by atoms with Gasteiger partial charge in [-0.1, -0.05) is 19.9 Å². The van der Waals surface area contributed by atoms with Gasteiger partial charge in [0.1, 0.15) is 5.56 Å². The fraction of sp³-hybridized carbons (Fsp3) is 0.500. The molecule has 1 atom stereocenters. The number of ether oxygens (including phenoxy) is 2. The zero-order chi connectivity index (χ0) is 13.3. The largest absolute Gasteiger partial charge is 0.478 e. The molecule has 1 aliphatic rings. The molecule has 1 aromatic carbocycles. The summed E-state index contributed by atoms with van der Waals surface area (Å²) in [4.78, 5) is 11.1. The van der Waals surface area contributed by atoms with Gasteiger partial charge < -0.3 is 14.6 Å². The van der Waals surface area contributed by atoms with Crippen LogP contribution in [0.5, 0.6) is 11.5 Å². The minimum absolute atomic E-state index is 0.153. The highest BCUT2D eigenvalue weighted by Gasteiger charge is 2.38. The van der Waals surface area contributed by atoms with E-state index < -0.39 is 11.8 Å². The van der Waals surface area contributed by atoms with Crippen molar-refractivity contribution in [3.8, 4) is 11.5 Å². The van der Waals surface area contributed by atoms with Gasteiger partial charge in [0.2, 0.25) is 5.79 Å². The highest BCUT2D eigenvalue weighted by atomic mass is 16.7. The lowest BCUT2D eigenvalue weighted by Gasteiger charge is -2.23. The van der Waals surface area contributed by atoms with Gasteiger partial charge in [0.05, 0.1) is 0 Å². The summed E-state index contributed by atoms with van der Waals surface area (Å²) < 4.78 is 11.5. The average molecular weight is 250 g/mol. The molecule has 1 aliphatic heterocycles. The maximum Gasteiger partial charge on any atom is 0.339 e. The van der Waals surface area contributed by atoms with Crippen molar-refractivity contribution >= 4 is 5.97 Å². The number of hydrogen-bond donors (Lipinski definition) is 1. The van der Waals surface area contributed by atoms with Gasteiger partial charge in [-0.25, -0.2) is 4.79 Å². The Hall–Kier alpha value is -1.71. The number of para-hydroxylation sites is 1. The number of carbonyl (C=O) groups is 1. The molecule has 1 unspecified atom stereocenters. The summed E-state index contributed by atoms with van der Waals surface area (Å²) in [5.41, 5.74) is 0.153. The predicted octanol–water partition coefficient (Wildman–Crippen LogP) is 3.31. The van der Waals surface area contributed by atoms with Crippen molar-refractivity contribution < 1.29 is 19.4 Å². The second-order valence-corrected chi connectivity index (χ2v) is 5.21. The lowest BCUT2D eigenvalue weighted by Crippen LogP contribution is -2.35. The first-order valence-electron chi connectivity index (χ1n) is 6.15. The van der Waals surface area contributed by atoms with E-state index in [2.05, 4.69) is 13.8 Å². The van der Waals surface area contributed by atoms with Gasteiger partial charge >= 0.3 is 5.97 Å². The van der Waals surface area contributed by atoms with E-state index in [4.69, 9.17) is 14.6 Å². The van der Waals surface area contributed by atoms with Crippen LogP contribution in [-0.4, -0.2) is 16.9 Å². The van der Waals surface area contributed by atoms with Gasteiger partial charge in [-0.3, -0.25) is 0 Å². The summed E-state index contributed by atoms with van der Waals surface area (Å²) in [6, 6.07) is 4.93. The van der Waals surface area contributed by atoms with Crippen LogP contribution >= 0.6 is 0 Å². The van der Waals surface area contributed by atoms with Gasteiger partial charge in [-0.05, 0) is 24.5 Å². The molecular formula is C14H18O4. The number of carboxylic acids is 1. The smallest absolute Gasteiger partial charge is 0.339 e. The Balaban J connectivity index is 2.21. The van der Waals surface area contributed by atoms with E-state index in [9.17, 15) is 4.79 Å². The minimum atomic E-state index is -0.997. The monoisotopic (exact) mass is 250 g/mol. The van der Waals surface area contributed by atoms with Crippen molar-refractivity contribution in [1.82, 2.24) is 0 Å². The molecule has 0 radical (unpaired) electrons. The first-order valence-corrected chi connectivity index (χ1v) is 6.15. The molecule has 0 bridgehead atoms. The first kappa shape index (κ1) is 12.7. The number of carboxylic acid groups (broad SMARTS) is 1.